The number of rotatable bonds is 5. The number of carbonyl (C=O) groups is 1. The number of hydrogen-bond acceptors (Lipinski definition) is 4. The van der Waals surface area contributed by atoms with Gasteiger partial charge in [-0.2, -0.15) is 0 Å². The van der Waals surface area contributed by atoms with Gasteiger partial charge in [0, 0.05) is 29.4 Å². The molecule has 94 valence electrons. The van der Waals surface area contributed by atoms with E-state index < -0.39 is 12.0 Å². The molecule has 0 radical (unpaired) electrons. The van der Waals surface area contributed by atoms with Crippen molar-refractivity contribution < 1.29 is 9.90 Å². The van der Waals surface area contributed by atoms with Gasteiger partial charge in [-0.25, -0.2) is 0 Å². The molecule has 2 heterocycles. The molecule has 0 saturated heterocycles. The monoisotopic (exact) mass is 262 g/mol. The molecule has 2 aromatic heterocycles. The number of aliphatic carboxylic acids is 1. The molecular weight excluding hydrogens is 248 g/mol. The Balaban J connectivity index is 2.14. The Kier molecular flexibility index (Phi) is 4.07. The molecule has 2 rings (SSSR count). The van der Waals surface area contributed by atoms with Crippen molar-refractivity contribution in [2.45, 2.75) is 19.5 Å². The Hall–Kier alpha value is -1.72. The maximum atomic E-state index is 11.3. The first-order valence-electron chi connectivity index (χ1n) is 5.57. The quantitative estimate of drug-likeness (QED) is 0.868. The van der Waals surface area contributed by atoms with Crippen molar-refractivity contribution in [2.75, 3.05) is 0 Å². The third-order valence-electron chi connectivity index (χ3n) is 2.70. The molecule has 0 spiro atoms. The zero-order valence-electron chi connectivity index (χ0n) is 9.96. The minimum absolute atomic E-state index is 0.545. The first kappa shape index (κ1) is 12.7. The number of carboxylic acid groups (broad SMARTS) is 1. The van der Waals surface area contributed by atoms with Crippen LogP contribution in [0.25, 0.3) is 0 Å². The van der Waals surface area contributed by atoms with Crippen LogP contribution in [0, 0.1) is 6.92 Å². The number of hydrogen-bond donors (Lipinski definition) is 2. The van der Waals surface area contributed by atoms with Crippen molar-refractivity contribution in [3.05, 3.63) is 52.0 Å². The van der Waals surface area contributed by atoms with Crippen LogP contribution in [0.5, 0.6) is 0 Å². The molecule has 1 unspecified atom stereocenters. The molecule has 1 atom stereocenters. The third kappa shape index (κ3) is 2.94. The van der Waals surface area contributed by atoms with Gasteiger partial charge in [0.25, 0.3) is 0 Å². The molecule has 2 aromatic rings. The number of nitrogens with one attached hydrogen (secondary N) is 1. The standard InChI is InChI=1S/C13H14N2O2S/c1-9-4-5-14-8-11(9)12(13(16)17)15-7-10-3-2-6-18-10/h2-6,8,12,15H,7H2,1H3,(H,16,17). The maximum absolute atomic E-state index is 11.3. The Morgan fingerprint density at radius 1 is 1.56 bits per heavy atom. The summed E-state index contributed by atoms with van der Waals surface area (Å²) in [4.78, 5) is 16.4. The average Bonchev–Trinajstić information content (AvgIpc) is 2.84. The van der Waals surface area contributed by atoms with E-state index in [1.807, 2.05) is 30.5 Å². The largest absolute Gasteiger partial charge is 0.480 e. The Bertz CT molecular complexity index is 526. The first-order valence-corrected chi connectivity index (χ1v) is 6.45. The zero-order chi connectivity index (χ0) is 13.0. The van der Waals surface area contributed by atoms with Gasteiger partial charge in [0.05, 0.1) is 0 Å². The lowest BCUT2D eigenvalue weighted by Gasteiger charge is -2.15. The van der Waals surface area contributed by atoms with Gasteiger partial charge >= 0.3 is 5.97 Å². The van der Waals surface area contributed by atoms with Crippen molar-refractivity contribution in [1.29, 1.82) is 0 Å². The van der Waals surface area contributed by atoms with Crippen molar-refractivity contribution in [3.8, 4) is 0 Å². The first-order chi connectivity index (χ1) is 8.68. The van der Waals surface area contributed by atoms with E-state index in [1.165, 1.54) is 0 Å². The van der Waals surface area contributed by atoms with Gasteiger partial charge in [-0.15, -0.1) is 11.3 Å². The lowest BCUT2D eigenvalue weighted by Crippen LogP contribution is -2.28. The second-order valence-electron chi connectivity index (χ2n) is 3.96. The SMILES string of the molecule is Cc1ccncc1C(NCc1cccs1)C(=O)O. The normalized spacial score (nSPS) is 12.3. The maximum Gasteiger partial charge on any atom is 0.325 e. The summed E-state index contributed by atoms with van der Waals surface area (Å²) in [7, 11) is 0. The number of aryl methyl sites for hydroxylation is 1. The smallest absolute Gasteiger partial charge is 0.325 e. The zero-order valence-corrected chi connectivity index (χ0v) is 10.8. The summed E-state index contributed by atoms with van der Waals surface area (Å²) in [5, 5.41) is 14.3. The van der Waals surface area contributed by atoms with E-state index in [9.17, 15) is 9.90 Å². The Morgan fingerprint density at radius 2 is 2.39 bits per heavy atom. The fourth-order valence-corrected chi connectivity index (χ4v) is 2.38. The van der Waals surface area contributed by atoms with Crippen LogP contribution in [-0.2, 0) is 11.3 Å². The minimum Gasteiger partial charge on any atom is -0.480 e. The number of aromatic nitrogens is 1. The van der Waals surface area contributed by atoms with E-state index >= 15 is 0 Å². The van der Waals surface area contributed by atoms with E-state index in [1.54, 1.807) is 23.7 Å². The van der Waals surface area contributed by atoms with Crippen LogP contribution >= 0.6 is 11.3 Å². The van der Waals surface area contributed by atoms with Crippen molar-refractivity contribution in [2.24, 2.45) is 0 Å². The van der Waals surface area contributed by atoms with E-state index in [-0.39, 0.29) is 0 Å². The topological polar surface area (TPSA) is 62.2 Å². The average molecular weight is 262 g/mol. The molecule has 18 heavy (non-hydrogen) atoms. The van der Waals surface area contributed by atoms with Crippen LogP contribution in [-0.4, -0.2) is 16.1 Å². The summed E-state index contributed by atoms with van der Waals surface area (Å²) in [6.07, 6.45) is 3.27. The summed E-state index contributed by atoms with van der Waals surface area (Å²) in [5.74, 6) is -0.886. The van der Waals surface area contributed by atoms with Crippen molar-refractivity contribution in [3.63, 3.8) is 0 Å². The van der Waals surface area contributed by atoms with Gasteiger partial charge in [-0.1, -0.05) is 6.07 Å². The minimum atomic E-state index is -0.886. The summed E-state index contributed by atoms with van der Waals surface area (Å²) < 4.78 is 0. The van der Waals surface area contributed by atoms with Gasteiger partial charge in [0.15, 0.2) is 0 Å². The summed E-state index contributed by atoms with van der Waals surface area (Å²) >= 11 is 1.60. The van der Waals surface area contributed by atoms with Crippen LogP contribution in [0.2, 0.25) is 0 Å². The van der Waals surface area contributed by atoms with Gasteiger partial charge in [-0.3, -0.25) is 15.1 Å². The van der Waals surface area contributed by atoms with E-state index in [0.717, 1.165) is 10.4 Å². The fraction of sp³-hybridized carbons (Fsp3) is 0.231. The Morgan fingerprint density at radius 3 is 3.00 bits per heavy atom. The third-order valence-corrected chi connectivity index (χ3v) is 3.57. The van der Waals surface area contributed by atoms with Crippen LogP contribution in [0.15, 0.2) is 36.0 Å². The molecule has 2 N–H and O–H groups in total. The summed E-state index contributed by atoms with van der Waals surface area (Å²) in [6.45, 7) is 2.43. The van der Waals surface area contributed by atoms with Gasteiger partial charge in [0.2, 0.25) is 0 Å². The molecule has 4 nitrogen and oxygen atoms in total. The highest BCUT2D eigenvalue weighted by molar-refractivity contribution is 7.09. The predicted octanol–water partition coefficient (Wildman–Crippen LogP) is 2.37. The number of carboxylic acids is 1. The lowest BCUT2D eigenvalue weighted by molar-refractivity contribution is -0.139. The molecule has 0 aliphatic heterocycles. The van der Waals surface area contributed by atoms with Crippen LogP contribution in [0.4, 0.5) is 0 Å². The molecule has 0 bridgehead atoms. The van der Waals surface area contributed by atoms with Gasteiger partial charge in [-0.05, 0) is 30.0 Å². The molecular formula is C13H14N2O2S. The molecule has 0 aliphatic carbocycles. The van der Waals surface area contributed by atoms with Crippen molar-refractivity contribution in [1.82, 2.24) is 10.3 Å². The van der Waals surface area contributed by atoms with Gasteiger partial charge < -0.3 is 5.11 Å². The van der Waals surface area contributed by atoms with Crippen LogP contribution in [0.3, 0.4) is 0 Å². The molecule has 0 fully saturated rings. The van der Waals surface area contributed by atoms with Crippen LogP contribution < -0.4 is 5.32 Å². The number of thiophene rings is 1. The van der Waals surface area contributed by atoms with Crippen molar-refractivity contribution >= 4 is 17.3 Å². The highest BCUT2D eigenvalue weighted by Crippen LogP contribution is 2.18. The molecule has 5 heteroatoms. The van der Waals surface area contributed by atoms with E-state index in [4.69, 9.17) is 0 Å². The summed E-state index contributed by atoms with van der Waals surface area (Å²) in [6, 6.07) is 5.03. The van der Waals surface area contributed by atoms with Crippen LogP contribution in [0.1, 0.15) is 22.0 Å². The van der Waals surface area contributed by atoms with Gasteiger partial charge in [0.1, 0.15) is 6.04 Å². The molecule has 0 amide bonds. The highest BCUT2D eigenvalue weighted by atomic mass is 32.1. The van der Waals surface area contributed by atoms with E-state index in [2.05, 4.69) is 10.3 Å². The summed E-state index contributed by atoms with van der Waals surface area (Å²) in [5.41, 5.74) is 1.64. The molecule has 0 aromatic carbocycles. The molecule has 0 saturated carbocycles. The van der Waals surface area contributed by atoms with E-state index in [0.29, 0.717) is 12.1 Å². The molecule has 0 aliphatic rings. The highest BCUT2D eigenvalue weighted by Gasteiger charge is 2.21. The lowest BCUT2D eigenvalue weighted by atomic mass is 10.0. The second-order valence-corrected chi connectivity index (χ2v) is 5.00. The second kappa shape index (κ2) is 5.75. The number of pyridine rings is 1. The number of nitrogens with zero attached hydrogens (tertiary/aromatic N) is 1. The fourth-order valence-electron chi connectivity index (χ4n) is 1.72. The Labute approximate surface area is 109 Å². The predicted molar refractivity (Wildman–Crippen MR) is 70.5 cm³/mol.